The highest BCUT2D eigenvalue weighted by Gasteiger charge is 2.49. The van der Waals surface area contributed by atoms with Crippen LogP contribution in [0.4, 0.5) is 10.6 Å². The van der Waals surface area contributed by atoms with Crippen LogP contribution in [0.25, 0.3) is 0 Å². The van der Waals surface area contributed by atoms with E-state index in [2.05, 4.69) is 5.10 Å². The van der Waals surface area contributed by atoms with Crippen LogP contribution in [0.5, 0.6) is 0 Å². The number of aromatic nitrogens is 2. The van der Waals surface area contributed by atoms with Crippen LogP contribution >= 0.6 is 0 Å². The number of ether oxygens (including phenoxy) is 1. The smallest absolute Gasteiger partial charge is 0.410 e. The molecule has 3 heterocycles. The fourth-order valence-corrected chi connectivity index (χ4v) is 3.58. The van der Waals surface area contributed by atoms with Gasteiger partial charge in [0.15, 0.2) is 5.82 Å². The number of hydrogen-bond acceptors (Lipinski definition) is 5. The highest BCUT2D eigenvalue weighted by Crippen LogP contribution is 2.42. The Labute approximate surface area is 152 Å². The molecule has 0 bridgehead atoms. The molecule has 0 aromatic carbocycles. The van der Waals surface area contributed by atoms with Crippen LogP contribution in [0.3, 0.4) is 0 Å². The minimum absolute atomic E-state index is 0.0347. The van der Waals surface area contributed by atoms with Crippen LogP contribution in [-0.4, -0.2) is 51.9 Å². The normalized spacial score (nSPS) is 19.9. The molecule has 8 heteroatoms. The number of anilines is 1. The molecule has 26 heavy (non-hydrogen) atoms. The van der Waals surface area contributed by atoms with E-state index in [0.29, 0.717) is 38.3 Å². The van der Waals surface area contributed by atoms with E-state index in [4.69, 9.17) is 4.74 Å². The summed E-state index contributed by atoms with van der Waals surface area (Å²) in [6, 6.07) is 3.01. The lowest BCUT2D eigenvalue weighted by Crippen LogP contribution is -2.48. The molecule has 2 amide bonds. The first kappa shape index (κ1) is 18.4. The van der Waals surface area contributed by atoms with E-state index in [1.807, 2.05) is 20.8 Å². The Morgan fingerprint density at radius 1 is 1.12 bits per heavy atom. The maximum Gasteiger partial charge on any atom is 0.410 e. The Kier molecular flexibility index (Phi) is 4.54. The average molecular weight is 362 g/mol. The molecule has 0 saturated carbocycles. The molecule has 3 rings (SSSR count). The zero-order valence-corrected chi connectivity index (χ0v) is 15.8. The molecule has 0 atom stereocenters. The Hall–Kier alpha value is -2.38. The van der Waals surface area contributed by atoms with E-state index in [-0.39, 0.29) is 17.6 Å². The SMILES string of the molecule is Cn1nc(N2CCC3(CCN(C(=O)OC(C)(C)C)CC3)C2=O)ccc1=O. The van der Waals surface area contributed by atoms with Crippen molar-refractivity contribution in [1.82, 2.24) is 14.7 Å². The number of amides is 2. The Morgan fingerprint density at radius 3 is 2.31 bits per heavy atom. The van der Waals surface area contributed by atoms with Gasteiger partial charge in [-0.25, -0.2) is 9.48 Å². The number of rotatable bonds is 1. The highest BCUT2D eigenvalue weighted by molar-refractivity contribution is 5.99. The van der Waals surface area contributed by atoms with Crippen molar-refractivity contribution in [2.45, 2.75) is 45.6 Å². The molecule has 0 N–H and O–H groups in total. The summed E-state index contributed by atoms with van der Waals surface area (Å²) in [5.41, 5.74) is -1.18. The molecular formula is C18H26N4O4. The molecule has 1 aromatic rings. The third-order valence-corrected chi connectivity index (χ3v) is 5.11. The number of carbonyl (C=O) groups is 2. The summed E-state index contributed by atoms with van der Waals surface area (Å²) in [5.74, 6) is 0.538. The molecule has 2 aliphatic rings. The second-order valence-electron chi connectivity index (χ2n) is 8.11. The summed E-state index contributed by atoms with van der Waals surface area (Å²) in [4.78, 5) is 40.1. The fraction of sp³-hybridized carbons (Fsp3) is 0.667. The topological polar surface area (TPSA) is 84.7 Å². The van der Waals surface area contributed by atoms with Crippen molar-refractivity contribution in [3.05, 3.63) is 22.5 Å². The van der Waals surface area contributed by atoms with Crippen LogP contribution in [0.2, 0.25) is 0 Å². The predicted molar refractivity (Wildman–Crippen MR) is 95.9 cm³/mol. The average Bonchev–Trinajstić information content (AvgIpc) is 2.86. The summed E-state index contributed by atoms with van der Waals surface area (Å²) >= 11 is 0. The number of nitrogens with zero attached hydrogens (tertiary/aromatic N) is 4. The second-order valence-corrected chi connectivity index (χ2v) is 8.11. The van der Waals surface area contributed by atoms with Crippen molar-refractivity contribution in [2.75, 3.05) is 24.5 Å². The third-order valence-electron chi connectivity index (χ3n) is 5.11. The summed E-state index contributed by atoms with van der Waals surface area (Å²) < 4.78 is 6.65. The second kappa shape index (κ2) is 6.41. The van der Waals surface area contributed by atoms with E-state index < -0.39 is 11.0 Å². The van der Waals surface area contributed by atoms with Crippen molar-refractivity contribution in [2.24, 2.45) is 12.5 Å². The molecule has 2 aliphatic heterocycles. The summed E-state index contributed by atoms with van der Waals surface area (Å²) in [7, 11) is 1.57. The summed E-state index contributed by atoms with van der Waals surface area (Å²) in [5, 5.41) is 4.19. The van der Waals surface area contributed by atoms with Gasteiger partial charge in [-0.3, -0.25) is 14.5 Å². The zero-order valence-electron chi connectivity index (χ0n) is 15.8. The van der Waals surface area contributed by atoms with Crippen LogP contribution in [0, 0.1) is 5.41 Å². The van der Waals surface area contributed by atoms with E-state index in [1.54, 1.807) is 22.9 Å². The predicted octanol–water partition coefficient (Wildman–Crippen LogP) is 1.53. The number of hydrogen-bond donors (Lipinski definition) is 0. The summed E-state index contributed by atoms with van der Waals surface area (Å²) in [6.07, 6.45) is 1.65. The number of likely N-dealkylation sites (tertiary alicyclic amines) is 1. The van der Waals surface area contributed by atoms with Gasteiger partial charge >= 0.3 is 6.09 Å². The number of carbonyl (C=O) groups excluding carboxylic acids is 2. The zero-order chi connectivity index (χ0) is 19.1. The van der Waals surface area contributed by atoms with Gasteiger partial charge in [-0.2, -0.15) is 5.10 Å². The molecule has 0 aliphatic carbocycles. The summed E-state index contributed by atoms with van der Waals surface area (Å²) in [6.45, 7) is 7.12. The van der Waals surface area contributed by atoms with Crippen LogP contribution in [0.15, 0.2) is 16.9 Å². The van der Waals surface area contributed by atoms with Crippen molar-refractivity contribution in [3.8, 4) is 0 Å². The van der Waals surface area contributed by atoms with Crippen molar-refractivity contribution in [1.29, 1.82) is 0 Å². The minimum Gasteiger partial charge on any atom is -0.444 e. The minimum atomic E-state index is -0.527. The molecule has 2 saturated heterocycles. The fourth-order valence-electron chi connectivity index (χ4n) is 3.58. The van der Waals surface area contributed by atoms with E-state index in [0.717, 1.165) is 6.42 Å². The van der Waals surface area contributed by atoms with E-state index in [1.165, 1.54) is 10.7 Å². The van der Waals surface area contributed by atoms with Crippen LogP contribution in [0.1, 0.15) is 40.0 Å². The van der Waals surface area contributed by atoms with Crippen LogP contribution in [-0.2, 0) is 16.6 Å². The number of aryl methyl sites for hydroxylation is 1. The first-order valence-electron chi connectivity index (χ1n) is 8.96. The molecule has 1 aromatic heterocycles. The van der Waals surface area contributed by atoms with Gasteiger partial charge in [-0.15, -0.1) is 0 Å². The quantitative estimate of drug-likeness (QED) is 0.756. The van der Waals surface area contributed by atoms with Crippen LogP contribution < -0.4 is 10.5 Å². The van der Waals surface area contributed by atoms with Crippen molar-refractivity contribution >= 4 is 17.8 Å². The van der Waals surface area contributed by atoms with Gasteiger partial charge in [0.2, 0.25) is 5.91 Å². The standard InChI is InChI=1S/C18H26N4O4/c1-17(2,3)26-16(25)21-10-7-18(8-11-21)9-12-22(15(18)24)13-5-6-14(23)20(4)19-13/h5-6H,7-12H2,1-4H3. The lowest BCUT2D eigenvalue weighted by Gasteiger charge is -2.38. The van der Waals surface area contributed by atoms with Gasteiger partial charge in [0.1, 0.15) is 5.60 Å². The van der Waals surface area contributed by atoms with E-state index >= 15 is 0 Å². The lowest BCUT2D eigenvalue weighted by molar-refractivity contribution is -0.128. The Morgan fingerprint density at radius 2 is 1.73 bits per heavy atom. The lowest BCUT2D eigenvalue weighted by atomic mass is 9.77. The molecular weight excluding hydrogens is 336 g/mol. The molecule has 0 unspecified atom stereocenters. The first-order chi connectivity index (χ1) is 12.1. The van der Waals surface area contributed by atoms with Gasteiger partial charge < -0.3 is 9.64 Å². The van der Waals surface area contributed by atoms with Gasteiger partial charge in [0.25, 0.3) is 5.56 Å². The molecule has 8 nitrogen and oxygen atoms in total. The largest absolute Gasteiger partial charge is 0.444 e. The van der Waals surface area contributed by atoms with Crippen molar-refractivity contribution in [3.63, 3.8) is 0 Å². The van der Waals surface area contributed by atoms with Gasteiger partial charge in [0.05, 0.1) is 5.41 Å². The van der Waals surface area contributed by atoms with Gasteiger partial charge in [-0.05, 0) is 46.1 Å². The maximum absolute atomic E-state index is 13.0. The number of piperidine rings is 1. The Balaban J connectivity index is 1.68. The van der Waals surface area contributed by atoms with Crippen molar-refractivity contribution < 1.29 is 14.3 Å². The monoisotopic (exact) mass is 362 g/mol. The molecule has 142 valence electrons. The molecule has 0 radical (unpaired) electrons. The van der Waals surface area contributed by atoms with Gasteiger partial charge in [-0.1, -0.05) is 0 Å². The maximum atomic E-state index is 13.0. The molecule has 1 spiro atoms. The Bertz CT molecular complexity index is 772. The van der Waals surface area contributed by atoms with Gasteiger partial charge in [0, 0.05) is 32.7 Å². The highest BCUT2D eigenvalue weighted by atomic mass is 16.6. The molecule has 2 fully saturated rings. The van der Waals surface area contributed by atoms with E-state index in [9.17, 15) is 14.4 Å². The third kappa shape index (κ3) is 3.45. The first-order valence-corrected chi connectivity index (χ1v) is 8.96.